The molecule has 1 atom stereocenters. The van der Waals surface area contributed by atoms with Crippen LogP contribution >= 0.6 is 7.60 Å². The summed E-state index contributed by atoms with van der Waals surface area (Å²) in [5.41, 5.74) is 3.46. The van der Waals surface area contributed by atoms with E-state index in [0.29, 0.717) is 45.2 Å². The molecule has 3 amide bonds. The summed E-state index contributed by atoms with van der Waals surface area (Å²) < 4.78 is 16.6. The Labute approximate surface area is 255 Å². The molecule has 2 N–H and O–H groups in total. The van der Waals surface area contributed by atoms with Crippen LogP contribution in [0.4, 0.5) is 5.69 Å². The van der Waals surface area contributed by atoms with Gasteiger partial charge in [-0.3, -0.25) is 14.4 Å². The number of amides is 3. The maximum atomic E-state index is 13.3. The van der Waals surface area contributed by atoms with E-state index in [9.17, 15) is 23.8 Å². The van der Waals surface area contributed by atoms with Crippen molar-refractivity contribution in [3.8, 4) is 0 Å². The van der Waals surface area contributed by atoms with Gasteiger partial charge >= 0.3 is 0 Å². The van der Waals surface area contributed by atoms with Crippen molar-refractivity contribution in [2.24, 2.45) is 0 Å². The number of hydrogen-bond donors (Lipinski definition) is 2. The maximum absolute atomic E-state index is 13.3. The van der Waals surface area contributed by atoms with E-state index in [-0.39, 0.29) is 37.3 Å². The fraction of sp³-hybridized carbons (Fsp3) is 0.485. The predicted octanol–water partition coefficient (Wildman–Crippen LogP) is 5.43. The van der Waals surface area contributed by atoms with Crippen LogP contribution in [0.1, 0.15) is 88.3 Å². The molecule has 9 nitrogen and oxygen atoms in total. The minimum Gasteiger partial charge on any atom is -0.778 e. The number of unbranched alkanes of at least 4 members (excludes halogenated alkanes) is 4. The van der Waals surface area contributed by atoms with Crippen LogP contribution in [0.25, 0.3) is 12.2 Å². The Morgan fingerprint density at radius 1 is 0.814 bits per heavy atom. The van der Waals surface area contributed by atoms with Crippen molar-refractivity contribution in [2.75, 3.05) is 24.6 Å². The summed E-state index contributed by atoms with van der Waals surface area (Å²) in [5, 5.41) is 5.73. The molecule has 10 heteroatoms. The molecule has 0 radical (unpaired) electrons. The quantitative estimate of drug-likeness (QED) is 0.182. The average molecular weight is 611 g/mol. The monoisotopic (exact) mass is 610 g/mol. The van der Waals surface area contributed by atoms with Gasteiger partial charge in [-0.15, -0.1) is 0 Å². The lowest BCUT2D eigenvalue weighted by atomic mass is 10.0. The van der Waals surface area contributed by atoms with E-state index in [1.807, 2.05) is 54.6 Å². The molecule has 3 rings (SSSR count). The zero-order valence-corrected chi connectivity index (χ0v) is 26.3. The second-order valence-electron chi connectivity index (χ2n) is 11.1. The third kappa shape index (κ3) is 11.7. The van der Waals surface area contributed by atoms with E-state index in [1.54, 1.807) is 18.7 Å². The summed E-state index contributed by atoms with van der Waals surface area (Å²) in [6.07, 6.45) is 9.37. The first-order valence-corrected chi connectivity index (χ1v) is 16.9. The van der Waals surface area contributed by atoms with E-state index in [0.717, 1.165) is 41.6 Å². The number of benzene rings is 2. The number of fused-ring (bicyclic) bond motifs is 2. The molecule has 1 heterocycles. The van der Waals surface area contributed by atoms with Crippen LogP contribution in [-0.2, 0) is 30.0 Å². The topological polar surface area (TPSA) is 128 Å². The lowest BCUT2D eigenvalue weighted by molar-refractivity contribution is -0.200. The highest BCUT2D eigenvalue weighted by Gasteiger charge is 2.21. The van der Waals surface area contributed by atoms with Crippen molar-refractivity contribution in [3.63, 3.8) is 0 Å². The summed E-state index contributed by atoms with van der Waals surface area (Å²) in [6, 6.07) is 15.8. The predicted molar refractivity (Wildman–Crippen MR) is 169 cm³/mol. The first-order valence-electron chi connectivity index (χ1n) is 15.3. The second-order valence-corrected chi connectivity index (χ2v) is 13.5. The van der Waals surface area contributed by atoms with Gasteiger partial charge in [-0.05, 0) is 48.4 Å². The molecular weight excluding hydrogens is 565 g/mol. The van der Waals surface area contributed by atoms with Crippen LogP contribution in [0.2, 0.25) is 0 Å². The van der Waals surface area contributed by atoms with Crippen molar-refractivity contribution in [2.45, 2.75) is 83.8 Å². The molecule has 1 aliphatic heterocycles. The van der Waals surface area contributed by atoms with Gasteiger partial charge in [0.25, 0.3) is 0 Å². The highest BCUT2D eigenvalue weighted by atomic mass is 31.2. The van der Waals surface area contributed by atoms with Gasteiger partial charge in [0.15, 0.2) is 0 Å². The molecule has 0 spiro atoms. The van der Waals surface area contributed by atoms with E-state index in [4.69, 9.17) is 4.52 Å². The Hall–Kier alpha value is -3.26. The number of nitrogens with zero attached hydrogens (tertiary/aromatic N) is 1. The molecule has 234 valence electrons. The largest absolute Gasteiger partial charge is 0.778 e. The van der Waals surface area contributed by atoms with Crippen molar-refractivity contribution >= 4 is 43.2 Å². The summed E-state index contributed by atoms with van der Waals surface area (Å²) >= 11 is 0. The third-order valence-corrected chi connectivity index (χ3v) is 9.18. The van der Waals surface area contributed by atoms with Crippen LogP contribution in [0.5, 0.6) is 0 Å². The molecular formula is C33H45N3O6P-. The van der Waals surface area contributed by atoms with Gasteiger partial charge < -0.3 is 29.5 Å². The molecule has 0 saturated carbocycles. The molecule has 0 bridgehead atoms. The molecule has 2 aromatic carbocycles. The average Bonchev–Trinajstić information content (AvgIpc) is 2.97. The summed E-state index contributed by atoms with van der Waals surface area (Å²) in [6.45, 7) is 4.70. The number of anilines is 1. The van der Waals surface area contributed by atoms with Crippen molar-refractivity contribution in [1.82, 2.24) is 10.6 Å². The SMILES string of the molecule is CC(C)P(=O)([O-])OCCCCCCNC(=O)CCCCC(=O)NCCC(=O)N1Cc2ccccc2C=Cc2ccccc21. The van der Waals surface area contributed by atoms with Crippen LogP contribution in [-0.4, -0.2) is 43.1 Å². The van der Waals surface area contributed by atoms with Crippen LogP contribution in [0.15, 0.2) is 48.5 Å². The van der Waals surface area contributed by atoms with Crippen molar-refractivity contribution < 1.29 is 28.4 Å². The number of carbonyl (C=O) groups is 3. The maximum Gasteiger partial charge on any atom is 0.229 e. The van der Waals surface area contributed by atoms with Gasteiger partial charge in [0.2, 0.25) is 17.7 Å². The minimum atomic E-state index is -3.74. The lowest BCUT2D eigenvalue weighted by Gasteiger charge is -2.27. The number of nitrogens with one attached hydrogen (secondary N) is 2. The van der Waals surface area contributed by atoms with Gasteiger partial charge in [0.05, 0.1) is 18.8 Å². The van der Waals surface area contributed by atoms with E-state index < -0.39 is 13.3 Å². The van der Waals surface area contributed by atoms with E-state index in [1.165, 1.54) is 0 Å². The number of carbonyl (C=O) groups excluding carboxylic acids is 3. The molecule has 0 fully saturated rings. The molecule has 0 aromatic heterocycles. The zero-order chi connectivity index (χ0) is 31.1. The van der Waals surface area contributed by atoms with Gasteiger partial charge in [-0.25, -0.2) is 0 Å². The van der Waals surface area contributed by atoms with Crippen LogP contribution < -0.4 is 20.4 Å². The normalized spacial score (nSPS) is 13.8. The Morgan fingerprint density at radius 2 is 1.42 bits per heavy atom. The van der Waals surface area contributed by atoms with E-state index in [2.05, 4.69) is 16.7 Å². The number of rotatable bonds is 17. The Kier molecular flexibility index (Phi) is 14.1. The summed E-state index contributed by atoms with van der Waals surface area (Å²) in [7, 11) is -3.74. The van der Waals surface area contributed by atoms with Crippen LogP contribution in [0, 0.1) is 0 Å². The zero-order valence-electron chi connectivity index (χ0n) is 25.4. The fourth-order valence-electron chi connectivity index (χ4n) is 4.71. The highest BCUT2D eigenvalue weighted by Crippen LogP contribution is 2.42. The summed E-state index contributed by atoms with van der Waals surface area (Å²) in [5.74, 6) is -0.217. The molecule has 0 aliphatic carbocycles. The molecule has 2 aromatic rings. The third-order valence-electron chi connectivity index (χ3n) is 7.37. The van der Waals surface area contributed by atoms with Gasteiger partial charge in [-0.1, -0.05) is 81.3 Å². The molecule has 0 saturated heterocycles. The Bertz CT molecular complexity index is 1290. The van der Waals surface area contributed by atoms with E-state index >= 15 is 0 Å². The smallest absolute Gasteiger partial charge is 0.229 e. The van der Waals surface area contributed by atoms with Crippen molar-refractivity contribution in [1.29, 1.82) is 0 Å². The molecule has 1 aliphatic rings. The van der Waals surface area contributed by atoms with Gasteiger partial charge in [0, 0.05) is 38.0 Å². The molecule has 1 unspecified atom stereocenters. The minimum absolute atomic E-state index is 0.0384. The van der Waals surface area contributed by atoms with Gasteiger partial charge in [-0.2, -0.15) is 0 Å². The standard InChI is InChI=1S/C33H46N3O6P/c1-26(2)43(40,41)42-24-12-4-3-11-22-34-31(37)17-9-10-18-32(38)35-23-21-33(39)36-25-29-15-6-5-13-27(29)19-20-28-14-7-8-16-30(28)36/h5-8,13-16,19-20,26H,3-4,9-12,17-18,21-25H2,1-2H3,(H,34,37)(H,35,38)(H,40,41)/p-1. The van der Waals surface area contributed by atoms with Crippen LogP contribution in [0.3, 0.4) is 0 Å². The second kappa shape index (κ2) is 17.8. The van der Waals surface area contributed by atoms with Crippen molar-refractivity contribution in [3.05, 3.63) is 65.2 Å². The lowest BCUT2D eigenvalue weighted by Crippen LogP contribution is -2.35. The Morgan fingerprint density at radius 3 is 2.14 bits per heavy atom. The molecule has 43 heavy (non-hydrogen) atoms. The Balaban J connectivity index is 1.26. The fourth-order valence-corrected chi connectivity index (χ4v) is 5.40. The first kappa shape index (κ1) is 34.2. The number of hydrogen-bond acceptors (Lipinski definition) is 6. The summed E-state index contributed by atoms with van der Waals surface area (Å²) in [4.78, 5) is 51.1. The first-order chi connectivity index (χ1) is 20.7. The number of para-hydroxylation sites is 1. The highest BCUT2D eigenvalue weighted by molar-refractivity contribution is 7.52. The van der Waals surface area contributed by atoms with Gasteiger partial charge in [0.1, 0.15) is 7.60 Å².